The molecule has 0 unspecified atom stereocenters. The fourth-order valence-corrected chi connectivity index (χ4v) is 2.00. The third kappa shape index (κ3) is 2.30. The Bertz CT molecular complexity index is 531. The molecule has 0 radical (unpaired) electrons. The molecule has 2 rings (SSSR count). The molecule has 0 spiro atoms. The quantitative estimate of drug-likeness (QED) is 0.806. The second-order valence-corrected chi connectivity index (χ2v) is 4.12. The molecular formula is C13H16N2O2. The summed E-state index contributed by atoms with van der Waals surface area (Å²) in [6.07, 6.45) is 6.74. The standard InChI is InChI=1S/C13H16N2O2/c1-2-3-4-8-15-9-11(13(16)17)10-6-5-7-14-12(10)15/h5-7,9H,2-4,8H2,1H3,(H,16,17). The van der Waals surface area contributed by atoms with Crippen molar-refractivity contribution in [3.8, 4) is 0 Å². The van der Waals surface area contributed by atoms with E-state index in [0.29, 0.717) is 5.56 Å². The maximum absolute atomic E-state index is 11.1. The highest BCUT2D eigenvalue weighted by Gasteiger charge is 2.13. The van der Waals surface area contributed by atoms with Crippen molar-refractivity contribution in [2.24, 2.45) is 0 Å². The number of aromatic nitrogens is 2. The van der Waals surface area contributed by atoms with Crippen LogP contribution in [0.15, 0.2) is 24.5 Å². The van der Waals surface area contributed by atoms with E-state index in [2.05, 4.69) is 11.9 Å². The van der Waals surface area contributed by atoms with Gasteiger partial charge in [-0.2, -0.15) is 0 Å². The van der Waals surface area contributed by atoms with Gasteiger partial charge in [-0.1, -0.05) is 19.8 Å². The summed E-state index contributed by atoms with van der Waals surface area (Å²) >= 11 is 0. The molecule has 90 valence electrons. The minimum Gasteiger partial charge on any atom is -0.478 e. The molecule has 4 heteroatoms. The van der Waals surface area contributed by atoms with Crippen LogP contribution in [0.1, 0.15) is 36.5 Å². The minimum absolute atomic E-state index is 0.338. The van der Waals surface area contributed by atoms with Crippen LogP contribution in [0.25, 0.3) is 11.0 Å². The van der Waals surface area contributed by atoms with E-state index in [4.69, 9.17) is 5.11 Å². The van der Waals surface area contributed by atoms with Crippen LogP contribution in [-0.2, 0) is 6.54 Å². The summed E-state index contributed by atoms with van der Waals surface area (Å²) in [7, 11) is 0. The molecule has 4 nitrogen and oxygen atoms in total. The van der Waals surface area contributed by atoms with Gasteiger partial charge in [-0.3, -0.25) is 0 Å². The Balaban J connectivity index is 2.38. The first-order chi connectivity index (χ1) is 8.24. The molecule has 2 aromatic heterocycles. The number of nitrogens with zero attached hydrogens (tertiary/aromatic N) is 2. The van der Waals surface area contributed by atoms with Gasteiger partial charge < -0.3 is 9.67 Å². The molecule has 0 aliphatic heterocycles. The Morgan fingerprint density at radius 2 is 2.29 bits per heavy atom. The van der Waals surface area contributed by atoms with Gasteiger partial charge in [0.05, 0.1) is 5.56 Å². The number of unbranched alkanes of at least 4 members (excludes halogenated alkanes) is 2. The number of fused-ring (bicyclic) bond motifs is 1. The number of carboxylic acid groups (broad SMARTS) is 1. The molecular weight excluding hydrogens is 216 g/mol. The van der Waals surface area contributed by atoms with Crippen LogP contribution in [0, 0.1) is 0 Å². The molecule has 0 aliphatic rings. The van der Waals surface area contributed by atoms with Crippen molar-refractivity contribution in [1.82, 2.24) is 9.55 Å². The normalized spacial score (nSPS) is 10.9. The third-order valence-electron chi connectivity index (χ3n) is 2.87. The SMILES string of the molecule is CCCCCn1cc(C(=O)O)c2cccnc21. The topological polar surface area (TPSA) is 55.1 Å². The van der Waals surface area contributed by atoms with Crippen molar-refractivity contribution >= 4 is 17.0 Å². The van der Waals surface area contributed by atoms with Gasteiger partial charge in [-0.25, -0.2) is 9.78 Å². The lowest BCUT2D eigenvalue weighted by Crippen LogP contribution is -1.97. The van der Waals surface area contributed by atoms with Crippen molar-refractivity contribution in [1.29, 1.82) is 0 Å². The van der Waals surface area contributed by atoms with Gasteiger partial charge in [0.2, 0.25) is 0 Å². The monoisotopic (exact) mass is 232 g/mol. The summed E-state index contributed by atoms with van der Waals surface area (Å²) in [5.74, 6) is -0.891. The summed E-state index contributed by atoms with van der Waals surface area (Å²) in [5, 5.41) is 9.85. The summed E-state index contributed by atoms with van der Waals surface area (Å²) in [6, 6.07) is 3.58. The summed E-state index contributed by atoms with van der Waals surface area (Å²) in [5.41, 5.74) is 1.10. The number of carboxylic acids is 1. The maximum Gasteiger partial charge on any atom is 0.337 e. The fourth-order valence-electron chi connectivity index (χ4n) is 2.00. The highest BCUT2D eigenvalue weighted by atomic mass is 16.4. The Labute approximate surface area is 99.9 Å². The Hall–Kier alpha value is -1.84. The highest BCUT2D eigenvalue weighted by Crippen LogP contribution is 2.19. The smallest absolute Gasteiger partial charge is 0.337 e. The molecule has 17 heavy (non-hydrogen) atoms. The lowest BCUT2D eigenvalue weighted by molar-refractivity contribution is 0.0699. The Morgan fingerprint density at radius 1 is 1.47 bits per heavy atom. The van der Waals surface area contributed by atoms with E-state index >= 15 is 0 Å². The van der Waals surface area contributed by atoms with E-state index in [0.717, 1.165) is 36.8 Å². The van der Waals surface area contributed by atoms with E-state index in [1.165, 1.54) is 0 Å². The molecule has 0 atom stereocenters. The highest BCUT2D eigenvalue weighted by molar-refractivity contribution is 6.02. The first kappa shape index (κ1) is 11.6. The van der Waals surface area contributed by atoms with E-state index in [1.54, 1.807) is 18.5 Å². The van der Waals surface area contributed by atoms with Crippen LogP contribution in [0.2, 0.25) is 0 Å². The van der Waals surface area contributed by atoms with Crippen molar-refractivity contribution in [3.63, 3.8) is 0 Å². The van der Waals surface area contributed by atoms with Gasteiger partial charge in [-0.05, 0) is 18.6 Å². The molecule has 0 amide bonds. The molecule has 0 saturated heterocycles. The number of carbonyl (C=O) groups is 1. The zero-order chi connectivity index (χ0) is 12.3. The lowest BCUT2D eigenvalue weighted by atomic mass is 10.2. The van der Waals surface area contributed by atoms with Crippen molar-refractivity contribution in [3.05, 3.63) is 30.1 Å². The largest absolute Gasteiger partial charge is 0.478 e. The van der Waals surface area contributed by atoms with Crippen LogP contribution in [0.5, 0.6) is 0 Å². The second kappa shape index (κ2) is 4.99. The summed E-state index contributed by atoms with van der Waals surface area (Å²) in [4.78, 5) is 15.4. The second-order valence-electron chi connectivity index (χ2n) is 4.12. The number of hydrogen-bond donors (Lipinski definition) is 1. The van der Waals surface area contributed by atoms with Crippen LogP contribution < -0.4 is 0 Å². The molecule has 0 fully saturated rings. The average Bonchev–Trinajstić information content (AvgIpc) is 2.69. The van der Waals surface area contributed by atoms with Crippen LogP contribution in [-0.4, -0.2) is 20.6 Å². The van der Waals surface area contributed by atoms with Crippen molar-refractivity contribution < 1.29 is 9.90 Å². The summed E-state index contributed by atoms with van der Waals surface area (Å²) < 4.78 is 1.94. The maximum atomic E-state index is 11.1. The van der Waals surface area contributed by atoms with Gasteiger partial charge in [0.15, 0.2) is 0 Å². The molecule has 0 aromatic carbocycles. The number of aromatic carboxylic acids is 1. The van der Waals surface area contributed by atoms with Crippen molar-refractivity contribution in [2.75, 3.05) is 0 Å². The minimum atomic E-state index is -0.891. The zero-order valence-electron chi connectivity index (χ0n) is 9.89. The Kier molecular flexibility index (Phi) is 3.42. The molecule has 0 aliphatic carbocycles. The van der Waals surface area contributed by atoms with Gasteiger partial charge in [0.25, 0.3) is 0 Å². The van der Waals surface area contributed by atoms with E-state index in [1.807, 2.05) is 10.6 Å². The fraction of sp³-hybridized carbons (Fsp3) is 0.385. The molecule has 1 N–H and O–H groups in total. The van der Waals surface area contributed by atoms with E-state index in [9.17, 15) is 4.79 Å². The predicted molar refractivity (Wildman–Crippen MR) is 66.2 cm³/mol. The van der Waals surface area contributed by atoms with Gasteiger partial charge in [0.1, 0.15) is 5.65 Å². The third-order valence-corrected chi connectivity index (χ3v) is 2.87. The first-order valence-electron chi connectivity index (χ1n) is 5.91. The molecule has 2 heterocycles. The van der Waals surface area contributed by atoms with Gasteiger partial charge in [-0.15, -0.1) is 0 Å². The lowest BCUT2D eigenvalue weighted by Gasteiger charge is -2.02. The molecule has 0 saturated carbocycles. The van der Waals surface area contributed by atoms with E-state index in [-0.39, 0.29) is 0 Å². The van der Waals surface area contributed by atoms with Crippen LogP contribution in [0.3, 0.4) is 0 Å². The predicted octanol–water partition coefficient (Wildman–Crippen LogP) is 2.92. The zero-order valence-corrected chi connectivity index (χ0v) is 9.89. The van der Waals surface area contributed by atoms with Gasteiger partial charge in [0, 0.05) is 24.3 Å². The van der Waals surface area contributed by atoms with Crippen LogP contribution >= 0.6 is 0 Å². The number of pyridine rings is 1. The molecule has 0 bridgehead atoms. The van der Waals surface area contributed by atoms with Crippen molar-refractivity contribution in [2.45, 2.75) is 32.7 Å². The first-order valence-corrected chi connectivity index (χ1v) is 5.91. The van der Waals surface area contributed by atoms with E-state index < -0.39 is 5.97 Å². The summed E-state index contributed by atoms with van der Waals surface area (Å²) in [6.45, 7) is 2.98. The number of rotatable bonds is 5. The molecule has 2 aromatic rings. The van der Waals surface area contributed by atoms with Crippen LogP contribution in [0.4, 0.5) is 0 Å². The number of hydrogen-bond acceptors (Lipinski definition) is 2. The Morgan fingerprint density at radius 3 is 3.00 bits per heavy atom. The average molecular weight is 232 g/mol. The van der Waals surface area contributed by atoms with Gasteiger partial charge >= 0.3 is 5.97 Å². The number of aryl methyl sites for hydroxylation is 1.